The lowest BCUT2D eigenvalue weighted by Gasteiger charge is -2.27. The molecule has 0 aliphatic carbocycles. The predicted molar refractivity (Wildman–Crippen MR) is 75.3 cm³/mol. The van der Waals surface area contributed by atoms with E-state index in [1.54, 1.807) is 11.1 Å². The third-order valence-corrected chi connectivity index (χ3v) is 4.35. The number of carbonyl (C=O) groups excluding carboxylic acids is 1. The van der Waals surface area contributed by atoms with Gasteiger partial charge in [0, 0.05) is 38.3 Å². The Balaban J connectivity index is 2.07. The first-order valence-electron chi connectivity index (χ1n) is 6.00. The molecule has 5 nitrogen and oxygen atoms in total. The molecule has 1 unspecified atom stereocenters. The monoisotopic (exact) mass is 342 g/mol. The van der Waals surface area contributed by atoms with E-state index in [9.17, 15) is 4.79 Å². The summed E-state index contributed by atoms with van der Waals surface area (Å²) in [4.78, 5) is 22.2. The minimum absolute atomic E-state index is 0.126. The third-order valence-electron chi connectivity index (χ3n) is 3.52. The molecule has 2 aromatic rings. The number of likely N-dealkylation sites (tertiary alicyclic amines) is 1. The summed E-state index contributed by atoms with van der Waals surface area (Å²) in [7, 11) is 1.83. The fraction of sp³-hybridized carbons (Fsp3) is 0.417. The lowest BCUT2D eigenvalue weighted by atomic mass is 9.96. The molecule has 1 fully saturated rings. The van der Waals surface area contributed by atoms with E-state index in [2.05, 4.69) is 25.9 Å². The summed E-state index contributed by atoms with van der Waals surface area (Å²) in [5.41, 5.74) is 0.755. The molecule has 0 saturated carbocycles. The molecule has 7 heteroatoms. The SMILES string of the molecule is CN1CCC(c2nc(Br)c3c(Cl)nccn23)CC1=O. The molecule has 3 rings (SSSR count). The maximum absolute atomic E-state index is 11.8. The smallest absolute Gasteiger partial charge is 0.223 e. The molecule has 1 aliphatic heterocycles. The van der Waals surface area contributed by atoms with Gasteiger partial charge in [-0.1, -0.05) is 11.6 Å². The van der Waals surface area contributed by atoms with Crippen LogP contribution in [-0.2, 0) is 4.79 Å². The summed E-state index contributed by atoms with van der Waals surface area (Å²) in [6, 6.07) is 0. The number of halogens is 2. The zero-order chi connectivity index (χ0) is 13.6. The van der Waals surface area contributed by atoms with Crippen molar-refractivity contribution in [3.05, 3.63) is 28.0 Å². The highest BCUT2D eigenvalue weighted by molar-refractivity contribution is 9.10. The molecule has 0 bridgehead atoms. The van der Waals surface area contributed by atoms with Crippen molar-refractivity contribution in [2.45, 2.75) is 18.8 Å². The molecule has 0 N–H and O–H groups in total. The molecule has 0 spiro atoms. The maximum atomic E-state index is 11.8. The zero-order valence-corrected chi connectivity index (χ0v) is 12.6. The van der Waals surface area contributed by atoms with Crippen LogP contribution in [0.25, 0.3) is 5.52 Å². The van der Waals surface area contributed by atoms with Gasteiger partial charge in [-0.2, -0.15) is 0 Å². The van der Waals surface area contributed by atoms with Gasteiger partial charge in [0.1, 0.15) is 15.9 Å². The molecule has 0 aromatic carbocycles. The van der Waals surface area contributed by atoms with Crippen LogP contribution in [0.1, 0.15) is 24.6 Å². The Morgan fingerprint density at radius 3 is 3.05 bits per heavy atom. The highest BCUT2D eigenvalue weighted by Crippen LogP contribution is 2.32. The summed E-state index contributed by atoms with van der Waals surface area (Å²) in [5, 5.41) is 0.410. The number of amides is 1. The second-order valence-electron chi connectivity index (χ2n) is 4.70. The number of piperidine rings is 1. The van der Waals surface area contributed by atoms with Crippen LogP contribution in [0, 0.1) is 0 Å². The molecular weight excluding hydrogens is 332 g/mol. The van der Waals surface area contributed by atoms with Crippen molar-refractivity contribution in [1.82, 2.24) is 19.3 Å². The van der Waals surface area contributed by atoms with Crippen molar-refractivity contribution < 1.29 is 4.79 Å². The van der Waals surface area contributed by atoms with Crippen LogP contribution >= 0.6 is 27.5 Å². The Labute approximate surface area is 123 Å². The van der Waals surface area contributed by atoms with Gasteiger partial charge in [-0.25, -0.2) is 9.97 Å². The Bertz CT molecular complexity index is 656. The van der Waals surface area contributed by atoms with Crippen LogP contribution in [-0.4, -0.2) is 38.8 Å². The number of nitrogens with zero attached hydrogens (tertiary/aromatic N) is 4. The van der Waals surface area contributed by atoms with Crippen LogP contribution in [0.5, 0.6) is 0 Å². The minimum Gasteiger partial charge on any atom is -0.346 e. The summed E-state index contributed by atoms with van der Waals surface area (Å²) in [6.45, 7) is 0.759. The quantitative estimate of drug-likeness (QED) is 0.799. The topological polar surface area (TPSA) is 50.5 Å². The standard InChI is InChI=1S/C12H12BrClN4O/c1-17-4-2-7(6-8(17)19)12-16-10(13)9-11(14)15-3-5-18(9)12/h3,5,7H,2,4,6H2,1H3. The van der Waals surface area contributed by atoms with E-state index >= 15 is 0 Å². The lowest BCUT2D eigenvalue weighted by molar-refractivity contribution is -0.132. The van der Waals surface area contributed by atoms with E-state index in [1.165, 1.54) is 0 Å². The highest BCUT2D eigenvalue weighted by atomic mass is 79.9. The summed E-state index contributed by atoms with van der Waals surface area (Å²) in [5.74, 6) is 1.15. The largest absolute Gasteiger partial charge is 0.346 e. The van der Waals surface area contributed by atoms with Gasteiger partial charge in [0.2, 0.25) is 5.91 Å². The van der Waals surface area contributed by atoms with Gasteiger partial charge in [-0.15, -0.1) is 0 Å². The van der Waals surface area contributed by atoms with E-state index in [4.69, 9.17) is 11.6 Å². The van der Waals surface area contributed by atoms with E-state index in [1.807, 2.05) is 17.6 Å². The zero-order valence-electron chi connectivity index (χ0n) is 10.3. The molecule has 1 aliphatic rings. The summed E-state index contributed by atoms with van der Waals surface area (Å²) < 4.78 is 2.59. The van der Waals surface area contributed by atoms with Crippen molar-refractivity contribution in [3.63, 3.8) is 0 Å². The van der Waals surface area contributed by atoms with E-state index in [0.717, 1.165) is 24.3 Å². The summed E-state index contributed by atoms with van der Waals surface area (Å²) in [6.07, 6.45) is 4.87. The van der Waals surface area contributed by atoms with Gasteiger partial charge >= 0.3 is 0 Å². The van der Waals surface area contributed by atoms with Crippen molar-refractivity contribution in [2.24, 2.45) is 0 Å². The first-order chi connectivity index (χ1) is 9.08. The van der Waals surface area contributed by atoms with E-state index in [-0.39, 0.29) is 11.8 Å². The number of rotatable bonds is 1. The van der Waals surface area contributed by atoms with Crippen LogP contribution in [0.4, 0.5) is 0 Å². The maximum Gasteiger partial charge on any atom is 0.223 e. The number of hydrogen-bond donors (Lipinski definition) is 0. The number of imidazole rings is 1. The van der Waals surface area contributed by atoms with Gasteiger partial charge in [0.25, 0.3) is 0 Å². The van der Waals surface area contributed by atoms with E-state index in [0.29, 0.717) is 16.2 Å². The van der Waals surface area contributed by atoms with Gasteiger partial charge in [-0.05, 0) is 22.4 Å². The Morgan fingerprint density at radius 1 is 1.53 bits per heavy atom. The van der Waals surface area contributed by atoms with Gasteiger partial charge in [-0.3, -0.25) is 9.20 Å². The molecule has 3 heterocycles. The predicted octanol–water partition coefficient (Wildman–Crippen LogP) is 2.48. The number of hydrogen-bond acceptors (Lipinski definition) is 3. The van der Waals surface area contributed by atoms with Crippen molar-refractivity contribution in [3.8, 4) is 0 Å². The Hall–Kier alpha value is -1.14. The molecule has 1 amide bonds. The molecule has 2 aromatic heterocycles. The minimum atomic E-state index is 0.126. The summed E-state index contributed by atoms with van der Waals surface area (Å²) >= 11 is 9.50. The Kier molecular flexibility index (Phi) is 3.22. The van der Waals surface area contributed by atoms with Crippen molar-refractivity contribution >= 4 is 39.0 Å². The fourth-order valence-corrected chi connectivity index (χ4v) is 3.35. The van der Waals surface area contributed by atoms with Crippen LogP contribution in [0.2, 0.25) is 5.15 Å². The van der Waals surface area contributed by atoms with Crippen LogP contribution < -0.4 is 0 Å². The van der Waals surface area contributed by atoms with Gasteiger partial charge in [0.05, 0.1) is 0 Å². The average molecular weight is 344 g/mol. The van der Waals surface area contributed by atoms with Crippen molar-refractivity contribution in [2.75, 3.05) is 13.6 Å². The van der Waals surface area contributed by atoms with Crippen molar-refractivity contribution in [1.29, 1.82) is 0 Å². The van der Waals surface area contributed by atoms with Gasteiger partial charge in [0.15, 0.2) is 5.15 Å². The van der Waals surface area contributed by atoms with Gasteiger partial charge < -0.3 is 4.90 Å². The molecule has 19 heavy (non-hydrogen) atoms. The third kappa shape index (κ3) is 2.12. The molecule has 1 saturated heterocycles. The number of fused-ring (bicyclic) bond motifs is 1. The second kappa shape index (κ2) is 4.76. The molecule has 0 radical (unpaired) electrons. The molecular formula is C12H12BrClN4O. The number of aromatic nitrogens is 3. The second-order valence-corrected chi connectivity index (χ2v) is 5.81. The first-order valence-corrected chi connectivity index (χ1v) is 7.17. The Morgan fingerprint density at radius 2 is 2.32 bits per heavy atom. The fourth-order valence-electron chi connectivity index (χ4n) is 2.43. The first kappa shape index (κ1) is 12.9. The molecule has 100 valence electrons. The normalized spacial score (nSPS) is 20.3. The van der Waals surface area contributed by atoms with Crippen LogP contribution in [0.3, 0.4) is 0 Å². The highest BCUT2D eigenvalue weighted by Gasteiger charge is 2.28. The average Bonchev–Trinajstić information content (AvgIpc) is 2.72. The molecule has 1 atom stereocenters. The van der Waals surface area contributed by atoms with E-state index < -0.39 is 0 Å². The number of carbonyl (C=O) groups is 1. The van der Waals surface area contributed by atoms with Crippen LogP contribution in [0.15, 0.2) is 17.0 Å². The lowest BCUT2D eigenvalue weighted by Crippen LogP contribution is -2.35.